The Kier molecular flexibility index (Phi) is 4.16. The summed E-state index contributed by atoms with van der Waals surface area (Å²) in [5, 5.41) is 0. The SMILES string of the molecule is Cc1ccc(C2CCCCC2CN(C)C)nc1. The molecule has 2 nitrogen and oxygen atoms in total. The Balaban J connectivity index is 2.12. The van der Waals surface area contributed by atoms with E-state index in [9.17, 15) is 0 Å². The predicted molar refractivity (Wildman–Crippen MR) is 72.2 cm³/mol. The van der Waals surface area contributed by atoms with E-state index in [-0.39, 0.29) is 0 Å². The zero-order valence-corrected chi connectivity index (χ0v) is 11.3. The lowest BCUT2D eigenvalue weighted by atomic mass is 9.77. The van der Waals surface area contributed by atoms with Crippen molar-refractivity contribution in [2.75, 3.05) is 20.6 Å². The van der Waals surface area contributed by atoms with Crippen LogP contribution in [0.3, 0.4) is 0 Å². The van der Waals surface area contributed by atoms with E-state index in [1.807, 2.05) is 6.20 Å². The van der Waals surface area contributed by atoms with Gasteiger partial charge in [-0.1, -0.05) is 18.9 Å². The zero-order valence-electron chi connectivity index (χ0n) is 11.3. The van der Waals surface area contributed by atoms with Gasteiger partial charge in [-0.05, 0) is 51.4 Å². The van der Waals surface area contributed by atoms with Crippen molar-refractivity contribution in [3.8, 4) is 0 Å². The molecule has 0 bridgehead atoms. The fraction of sp³-hybridized carbons (Fsp3) is 0.667. The summed E-state index contributed by atoms with van der Waals surface area (Å²) in [5.74, 6) is 1.46. The molecule has 2 heteroatoms. The van der Waals surface area contributed by atoms with Gasteiger partial charge in [-0.15, -0.1) is 0 Å². The van der Waals surface area contributed by atoms with Crippen molar-refractivity contribution < 1.29 is 0 Å². The van der Waals surface area contributed by atoms with E-state index in [2.05, 4.69) is 43.0 Å². The Morgan fingerprint density at radius 3 is 2.65 bits per heavy atom. The van der Waals surface area contributed by atoms with Gasteiger partial charge in [0.15, 0.2) is 0 Å². The van der Waals surface area contributed by atoms with Gasteiger partial charge in [0.1, 0.15) is 0 Å². The van der Waals surface area contributed by atoms with Crippen molar-refractivity contribution in [1.29, 1.82) is 0 Å². The molecular formula is C15H24N2. The molecule has 1 saturated carbocycles. The van der Waals surface area contributed by atoms with Crippen molar-refractivity contribution in [3.63, 3.8) is 0 Å². The number of hydrogen-bond acceptors (Lipinski definition) is 2. The Morgan fingerprint density at radius 2 is 2.00 bits per heavy atom. The van der Waals surface area contributed by atoms with Gasteiger partial charge in [0, 0.05) is 24.4 Å². The Morgan fingerprint density at radius 1 is 1.24 bits per heavy atom. The molecule has 17 heavy (non-hydrogen) atoms. The van der Waals surface area contributed by atoms with E-state index in [1.54, 1.807) is 0 Å². The van der Waals surface area contributed by atoms with Crippen LogP contribution in [0.5, 0.6) is 0 Å². The maximum atomic E-state index is 4.64. The maximum absolute atomic E-state index is 4.64. The highest BCUT2D eigenvalue weighted by atomic mass is 15.1. The molecule has 0 amide bonds. The molecule has 0 aliphatic heterocycles. The first-order valence-electron chi connectivity index (χ1n) is 6.74. The molecule has 1 aliphatic carbocycles. The molecule has 1 heterocycles. The first-order chi connectivity index (χ1) is 8.16. The van der Waals surface area contributed by atoms with Crippen LogP contribution in [0.15, 0.2) is 18.3 Å². The Bertz CT molecular complexity index is 342. The minimum Gasteiger partial charge on any atom is -0.309 e. The Hall–Kier alpha value is -0.890. The third kappa shape index (κ3) is 3.29. The maximum Gasteiger partial charge on any atom is 0.0437 e. The zero-order chi connectivity index (χ0) is 12.3. The number of aromatic nitrogens is 1. The molecule has 0 saturated heterocycles. The van der Waals surface area contributed by atoms with Crippen molar-refractivity contribution in [2.45, 2.75) is 38.5 Å². The van der Waals surface area contributed by atoms with E-state index < -0.39 is 0 Å². The van der Waals surface area contributed by atoms with Crippen LogP contribution in [-0.2, 0) is 0 Å². The highest BCUT2D eigenvalue weighted by Crippen LogP contribution is 2.37. The molecule has 2 rings (SSSR count). The monoisotopic (exact) mass is 232 g/mol. The van der Waals surface area contributed by atoms with E-state index in [0.29, 0.717) is 5.92 Å². The van der Waals surface area contributed by atoms with Crippen molar-refractivity contribution in [3.05, 3.63) is 29.6 Å². The first-order valence-corrected chi connectivity index (χ1v) is 6.74. The molecule has 1 aliphatic rings. The highest BCUT2D eigenvalue weighted by Gasteiger charge is 2.27. The molecular weight excluding hydrogens is 208 g/mol. The molecule has 94 valence electrons. The van der Waals surface area contributed by atoms with Crippen LogP contribution < -0.4 is 0 Å². The summed E-state index contributed by atoms with van der Waals surface area (Å²) in [6.07, 6.45) is 7.44. The average molecular weight is 232 g/mol. The van der Waals surface area contributed by atoms with E-state index in [1.165, 1.54) is 43.5 Å². The van der Waals surface area contributed by atoms with Gasteiger partial charge in [0.25, 0.3) is 0 Å². The van der Waals surface area contributed by atoms with Crippen LogP contribution in [0.2, 0.25) is 0 Å². The first kappa shape index (κ1) is 12.6. The van der Waals surface area contributed by atoms with Crippen LogP contribution in [-0.4, -0.2) is 30.5 Å². The molecule has 1 fully saturated rings. The summed E-state index contributed by atoms with van der Waals surface area (Å²) in [6.45, 7) is 3.30. The van der Waals surface area contributed by atoms with Gasteiger partial charge in [-0.3, -0.25) is 4.98 Å². The minimum absolute atomic E-state index is 0.673. The third-order valence-electron chi connectivity index (χ3n) is 3.82. The van der Waals surface area contributed by atoms with Gasteiger partial charge >= 0.3 is 0 Å². The second-order valence-electron chi connectivity index (χ2n) is 5.67. The van der Waals surface area contributed by atoms with E-state index in [4.69, 9.17) is 0 Å². The number of pyridine rings is 1. The summed E-state index contributed by atoms with van der Waals surface area (Å²) in [4.78, 5) is 6.96. The topological polar surface area (TPSA) is 16.1 Å². The number of nitrogens with zero attached hydrogens (tertiary/aromatic N) is 2. The van der Waals surface area contributed by atoms with Gasteiger partial charge < -0.3 is 4.90 Å². The summed E-state index contributed by atoms with van der Waals surface area (Å²) in [7, 11) is 4.35. The van der Waals surface area contributed by atoms with Crippen LogP contribution in [0.25, 0.3) is 0 Å². The van der Waals surface area contributed by atoms with Crippen LogP contribution in [0.4, 0.5) is 0 Å². The lowest BCUT2D eigenvalue weighted by molar-refractivity contribution is 0.231. The quantitative estimate of drug-likeness (QED) is 0.795. The van der Waals surface area contributed by atoms with E-state index >= 15 is 0 Å². The summed E-state index contributed by atoms with van der Waals surface area (Å²) in [6, 6.07) is 4.43. The van der Waals surface area contributed by atoms with Crippen LogP contribution in [0, 0.1) is 12.8 Å². The molecule has 2 unspecified atom stereocenters. The van der Waals surface area contributed by atoms with E-state index in [0.717, 1.165) is 5.92 Å². The second-order valence-corrected chi connectivity index (χ2v) is 5.67. The highest BCUT2D eigenvalue weighted by molar-refractivity contribution is 5.17. The molecule has 2 atom stereocenters. The third-order valence-corrected chi connectivity index (χ3v) is 3.82. The molecule has 0 radical (unpaired) electrons. The van der Waals surface area contributed by atoms with Crippen molar-refractivity contribution >= 4 is 0 Å². The fourth-order valence-corrected chi connectivity index (χ4v) is 2.98. The summed E-state index contributed by atoms with van der Waals surface area (Å²) >= 11 is 0. The van der Waals surface area contributed by atoms with Crippen molar-refractivity contribution in [1.82, 2.24) is 9.88 Å². The Labute approximate surface area is 105 Å². The number of hydrogen-bond donors (Lipinski definition) is 0. The van der Waals surface area contributed by atoms with Crippen LogP contribution in [0.1, 0.15) is 42.9 Å². The van der Waals surface area contributed by atoms with Gasteiger partial charge in [0.2, 0.25) is 0 Å². The summed E-state index contributed by atoms with van der Waals surface area (Å²) in [5.41, 5.74) is 2.57. The predicted octanol–water partition coefficient (Wildman–Crippen LogP) is 3.23. The molecule has 0 spiro atoms. The second kappa shape index (κ2) is 5.63. The van der Waals surface area contributed by atoms with Crippen LogP contribution >= 0.6 is 0 Å². The van der Waals surface area contributed by atoms with Gasteiger partial charge in [-0.2, -0.15) is 0 Å². The standard InChI is InChI=1S/C15H24N2/c1-12-8-9-15(16-10-12)14-7-5-4-6-13(14)11-17(2)3/h8-10,13-14H,4-7,11H2,1-3H3. The number of aryl methyl sites for hydroxylation is 1. The van der Waals surface area contributed by atoms with Gasteiger partial charge in [0.05, 0.1) is 0 Å². The minimum atomic E-state index is 0.673. The lowest BCUT2D eigenvalue weighted by Gasteiger charge is -2.33. The molecule has 0 aromatic carbocycles. The van der Waals surface area contributed by atoms with Gasteiger partial charge in [-0.25, -0.2) is 0 Å². The smallest absolute Gasteiger partial charge is 0.0437 e. The number of rotatable bonds is 3. The molecule has 0 N–H and O–H groups in total. The lowest BCUT2D eigenvalue weighted by Crippen LogP contribution is -2.29. The average Bonchev–Trinajstić information content (AvgIpc) is 2.30. The largest absolute Gasteiger partial charge is 0.309 e. The molecule has 1 aromatic rings. The normalized spacial score (nSPS) is 25.2. The summed E-state index contributed by atoms with van der Waals surface area (Å²) < 4.78 is 0. The molecule has 1 aromatic heterocycles. The fourth-order valence-electron chi connectivity index (χ4n) is 2.98. The van der Waals surface area contributed by atoms with Crippen molar-refractivity contribution in [2.24, 2.45) is 5.92 Å².